The van der Waals surface area contributed by atoms with Crippen molar-refractivity contribution >= 4 is 23.4 Å². The summed E-state index contributed by atoms with van der Waals surface area (Å²) in [6.07, 6.45) is 0. The number of benzene rings is 2. The van der Waals surface area contributed by atoms with Crippen LogP contribution in [0.1, 0.15) is 22.8 Å². The Balaban J connectivity index is 1.91. The van der Waals surface area contributed by atoms with Crippen LogP contribution in [0, 0.1) is 0 Å². The lowest BCUT2D eigenvalue weighted by Crippen LogP contribution is -2.19. The lowest BCUT2D eigenvalue weighted by atomic mass is 10.2. The summed E-state index contributed by atoms with van der Waals surface area (Å²) in [5.74, 6) is -0.385. The summed E-state index contributed by atoms with van der Waals surface area (Å²) in [5.41, 5.74) is 2.72. The molecule has 0 heterocycles. The molecule has 0 spiro atoms. The highest BCUT2D eigenvalue weighted by Crippen LogP contribution is 2.13. The Hall–Kier alpha value is -2.86. The van der Waals surface area contributed by atoms with Gasteiger partial charge in [-0.25, -0.2) is 9.59 Å². The van der Waals surface area contributed by atoms with Crippen LogP contribution in [0.25, 0.3) is 0 Å². The van der Waals surface area contributed by atoms with Gasteiger partial charge in [0.1, 0.15) is 0 Å². The summed E-state index contributed by atoms with van der Waals surface area (Å²) < 4.78 is 9.94. The number of esters is 1. The topological polar surface area (TPSA) is 76.7 Å². The van der Waals surface area contributed by atoms with E-state index < -0.39 is 0 Å². The second-order valence-electron chi connectivity index (χ2n) is 5.01. The van der Waals surface area contributed by atoms with E-state index in [4.69, 9.17) is 9.47 Å². The maximum Gasteiger partial charge on any atom is 0.338 e. The summed E-state index contributed by atoms with van der Waals surface area (Å²) in [7, 11) is 1.63. The maximum atomic E-state index is 12.0. The summed E-state index contributed by atoms with van der Waals surface area (Å²) in [6.45, 7) is 2.60. The number of urea groups is 1. The average molecular weight is 328 g/mol. The van der Waals surface area contributed by atoms with E-state index in [0.717, 1.165) is 5.56 Å². The fraction of sp³-hybridized carbons (Fsp3) is 0.222. The number of ether oxygens (including phenoxy) is 2. The second kappa shape index (κ2) is 8.69. The van der Waals surface area contributed by atoms with E-state index in [1.807, 2.05) is 12.1 Å². The number of methoxy groups -OCH3 is 1. The van der Waals surface area contributed by atoms with Crippen molar-refractivity contribution in [1.29, 1.82) is 0 Å². The number of anilines is 2. The molecule has 2 aromatic carbocycles. The molecule has 24 heavy (non-hydrogen) atoms. The van der Waals surface area contributed by atoms with Crippen molar-refractivity contribution in [2.75, 3.05) is 24.4 Å². The van der Waals surface area contributed by atoms with Gasteiger partial charge in [0.15, 0.2) is 0 Å². The number of hydrogen-bond acceptors (Lipinski definition) is 4. The minimum Gasteiger partial charge on any atom is -0.462 e. The van der Waals surface area contributed by atoms with Crippen molar-refractivity contribution in [1.82, 2.24) is 0 Å². The predicted molar refractivity (Wildman–Crippen MR) is 92.2 cm³/mol. The van der Waals surface area contributed by atoms with Crippen LogP contribution in [-0.2, 0) is 16.1 Å². The number of rotatable bonds is 6. The number of carbonyl (C=O) groups is 2. The third-order valence-corrected chi connectivity index (χ3v) is 3.18. The van der Waals surface area contributed by atoms with Crippen LogP contribution in [0.2, 0.25) is 0 Å². The SMILES string of the molecule is CCOC(=O)c1ccc(NC(=O)Nc2ccc(COC)cc2)cc1. The van der Waals surface area contributed by atoms with Crippen LogP contribution < -0.4 is 10.6 Å². The van der Waals surface area contributed by atoms with Gasteiger partial charge >= 0.3 is 12.0 Å². The minimum absolute atomic E-state index is 0.324. The molecule has 126 valence electrons. The van der Waals surface area contributed by atoms with Crippen LogP contribution in [0.5, 0.6) is 0 Å². The van der Waals surface area contributed by atoms with Crippen molar-refractivity contribution in [3.05, 3.63) is 59.7 Å². The first kappa shape index (κ1) is 17.5. The van der Waals surface area contributed by atoms with Crippen molar-refractivity contribution in [2.24, 2.45) is 0 Å². The molecule has 0 saturated heterocycles. The zero-order chi connectivity index (χ0) is 17.4. The first-order valence-electron chi connectivity index (χ1n) is 7.55. The van der Waals surface area contributed by atoms with Crippen molar-refractivity contribution in [3.8, 4) is 0 Å². The summed E-state index contributed by atoms with van der Waals surface area (Å²) >= 11 is 0. The molecule has 0 aliphatic heterocycles. The van der Waals surface area contributed by atoms with Gasteiger partial charge in [0, 0.05) is 18.5 Å². The molecule has 0 aromatic heterocycles. The van der Waals surface area contributed by atoms with E-state index >= 15 is 0 Å². The van der Waals surface area contributed by atoms with Gasteiger partial charge in [-0.15, -0.1) is 0 Å². The molecule has 0 saturated carbocycles. The summed E-state index contributed by atoms with van der Waals surface area (Å²) in [6, 6.07) is 13.5. The molecule has 0 radical (unpaired) electrons. The predicted octanol–water partition coefficient (Wildman–Crippen LogP) is 3.65. The van der Waals surface area contributed by atoms with Gasteiger partial charge in [-0.1, -0.05) is 12.1 Å². The minimum atomic E-state index is -0.385. The molecular formula is C18H20N2O4. The van der Waals surface area contributed by atoms with Gasteiger partial charge < -0.3 is 20.1 Å². The molecule has 6 nitrogen and oxygen atoms in total. The van der Waals surface area contributed by atoms with Crippen LogP contribution in [0.3, 0.4) is 0 Å². The van der Waals surface area contributed by atoms with Gasteiger partial charge in [-0.3, -0.25) is 0 Å². The third kappa shape index (κ3) is 5.10. The standard InChI is InChI=1S/C18H20N2O4/c1-3-24-17(21)14-6-10-16(11-7-14)20-18(22)19-15-8-4-13(5-9-15)12-23-2/h4-11H,3,12H2,1-2H3,(H2,19,20,22). The van der Waals surface area contributed by atoms with Crippen LogP contribution in [0.4, 0.5) is 16.2 Å². The zero-order valence-corrected chi connectivity index (χ0v) is 13.7. The number of carbonyl (C=O) groups excluding carboxylic acids is 2. The second-order valence-corrected chi connectivity index (χ2v) is 5.01. The fourth-order valence-corrected chi connectivity index (χ4v) is 2.05. The lowest BCUT2D eigenvalue weighted by Gasteiger charge is -2.09. The highest BCUT2D eigenvalue weighted by Gasteiger charge is 2.07. The molecular weight excluding hydrogens is 308 g/mol. The van der Waals surface area contributed by atoms with Gasteiger partial charge in [-0.2, -0.15) is 0 Å². The smallest absolute Gasteiger partial charge is 0.338 e. The van der Waals surface area contributed by atoms with Crippen LogP contribution in [0.15, 0.2) is 48.5 Å². The number of hydrogen-bond donors (Lipinski definition) is 2. The van der Waals surface area contributed by atoms with E-state index in [2.05, 4.69) is 10.6 Å². The third-order valence-electron chi connectivity index (χ3n) is 3.18. The highest BCUT2D eigenvalue weighted by atomic mass is 16.5. The Morgan fingerprint density at radius 1 is 0.917 bits per heavy atom. The van der Waals surface area contributed by atoms with Crippen molar-refractivity contribution in [2.45, 2.75) is 13.5 Å². The van der Waals surface area contributed by atoms with Crippen molar-refractivity contribution < 1.29 is 19.1 Å². The zero-order valence-electron chi connectivity index (χ0n) is 13.7. The largest absolute Gasteiger partial charge is 0.462 e. The average Bonchev–Trinajstić information content (AvgIpc) is 2.58. The quantitative estimate of drug-likeness (QED) is 0.794. The lowest BCUT2D eigenvalue weighted by molar-refractivity contribution is 0.0526. The molecule has 2 N–H and O–H groups in total. The molecule has 2 aromatic rings. The Morgan fingerprint density at radius 3 is 1.96 bits per heavy atom. The van der Waals surface area contributed by atoms with E-state index in [1.165, 1.54) is 0 Å². The van der Waals surface area contributed by atoms with Gasteiger partial charge in [0.05, 0.1) is 18.8 Å². The van der Waals surface area contributed by atoms with Crippen LogP contribution in [-0.4, -0.2) is 25.7 Å². The number of amides is 2. The first-order valence-corrected chi connectivity index (χ1v) is 7.55. The monoisotopic (exact) mass is 328 g/mol. The van der Waals surface area contributed by atoms with Gasteiger partial charge in [0.25, 0.3) is 0 Å². The molecule has 0 atom stereocenters. The molecule has 0 unspecified atom stereocenters. The van der Waals surface area contributed by atoms with E-state index in [-0.39, 0.29) is 12.0 Å². The van der Waals surface area contributed by atoms with Gasteiger partial charge in [-0.05, 0) is 48.9 Å². The van der Waals surface area contributed by atoms with E-state index in [9.17, 15) is 9.59 Å². The molecule has 2 rings (SSSR count). The Morgan fingerprint density at radius 2 is 1.46 bits per heavy atom. The van der Waals surface area contributed by atoms with Gasteiger partial charge in [0.2, 0.25) is 0 Å². The normalized spacial score (nSPS) is 10.1. The fourth-order valence-electron chi connectivity index (χ4n) is 2.05. The van der Waals surface area contributed by atoms with E-state index in [1.54, 1.807) is 50.4 Å². The van der Waals surface area contributed by atoms with Crippen LogP contribution >= 0.6 is 0 Å². The first-order chi connectivity index (χ1) is 11.6. The Labute approximate surface area is 140 Å². The molecule has 0 aliphatic rings. The molecule has 6 heteroatoms. The molecule has 0 fully saturated rings. The Bertz CT molecular complexity index is 681. The maximum absolute atomic E-state index is 12.0. The molecule has 2 amide bonds. The molecule has 0 bridgehead atoms. The van der Waals surface area contributed by atoms with Crippen molar-refractivity contribution in [3.63, 3.8) is 0 Å². The summed E-state index contributed by atoms with van der Waals surface area (Å²) in [5, 5.41) is 5.44. The highest BCUT2D eigenvalue weighted by molar-refractivity contribution is 6.00. The Kier molecular flexibility index (Phi) is 6.33. The summed E-state index contributed by atoms with van der Waals surface area (Å²) in [4.78, 5) is 23.5. The molecule has 0 aliphatic carbocycles. The van der Waals surface area contributed by atoms with E-state index in [0.29, 0.717) is 30.2 Å². The number of nitrogens with one attached hydrogen (secondary N) is 2.